The Morgan fingerprint density at radius 3 is 2.08 bits per heavy atom. The molecule has 2 aromatic rings. The highest BCUT2D eigenvalue weighted by Crippen LogP contribution is 3.02. The van der Waals surface area contributed by atoms with Crippen LogP contribution >= 0.6 is 10.2 Å². The molecule has 0 saturated carbocycles. The molecule has 5 nitrogen and oxygen atoms in total. The van der Waals surface area contributed by atoms with Crippen molar-refractivity contribution in [1.82, 2.24) is 10.2 Å². The summed E-state index contributed by atoms with van der Waals surface area (Å²) in [5.41, 5.74) is -3.33. The molecule has 0 spiro atoms. The first-order valence-electron chi connectivity index (χ1n) is 9.60. The van der Waals surface area contributed by atoms with Crippen LogP contribution in [0.25, 0.3) is 0 Å². The fourth-order valence-corrected chi connectivity index (χ4v) is 4.36. The largest absolute Gasteiger partial charge is 0.473 e. The van der Waals surface area contributed by atoms with Gasteiger partial charge in [0.1, 0.15) is 16.5 Å². The number of carbonyl (C=O) groups is 2. The summed E-state index contributed by atoms with van der Waals surface area (Å²) in [5, 5.41) is 2.27. The van der Waals surface area contributed by atoms with Gasteiger partial charge in [-0.15, -0.1) is 0 Å². The zero-order valence-corrected chi connectivity index (χ0v) is 18.8. The van der Waals surface area contributed by atoms with Crippen molar-refractivity contribution < 1.29 is 51.0 Å². The number of benzene rings is 2. The van der Waals surface area contributed by atoms with E-state index in [1.807, 2.05) is 0 Å². The van der Waals surface area contributed by atoms with Crippen molar-refractivity contribution in [1.29, 1.82) is 0 Å². The molecule has 16 heteroatoms. The molecule has 2 amide bonds. The van der Waals surface area contributed by atoms with E-state index >= 15 is 0 Å². The van der Waals surface area contributed by atoms with Crippen molar-refractivity contribution in [2.45, 2.75) is 29.5 Å². The molecule has 1 N–H and O–H groups in total. The highest BCUT2D eigenvalue weighted by molar-refractivity contribution is 8.45. The van der Waals surface area contributed by atoms with Gasteiger partial charge in [-0.05, 0) is 42.8 Å². The molecule has 0 unspecified atom stereocenters. The van der Waals surface area contributed by atoms with E-state index in [1.165, 1.54) is 0 Å². The molecule has 36 heavy (non-hydrogen) atoms. The molecule has 198 valence electrons. The van der Waals surface area contributed by atoms with Gasteiger partial charge in [-0.25, -0.2) is 8.78 Å². The molecule has 2 aromatic carbocycles. The fraction of sp³-hybridized carbons (Fsp3) is 0.250. The zero-order chi connectivity index (χ0) is 27.5. The van der Waals surface area contributed by atoms with Gasteiger partial charge in [0.2, 0.25) is 11.9 Å². The minimum Gasteiger partial charge on any atom is -0.345 e. The topological polar surface area (TPSA) is 61.8 Å². The van der Waals surface area contributed by atoms with Crippen molar-refractivity contribution in [3.8, 4) is 0 Å². The maximum Gasteiger partial charge on any atom is 0.473 e. The highest BCUT2D eigenvalue weighted by Gasteiger charge is 2.65. The zero-order valence-electron chi connectivity index (χ0n) is 18.0. The number of hydrogen-bond acceptors (Lipinski definition) is 2. The molecule has 0 aromatic heterocycles. The highest BCUT2D eigenvalue weighted by atomic mass is 32.5. The average molecular weight is 551 g/mol. The third-order valence-electron chi connectivity index (χ3n) is 5.44. The lowest BCUT2D eigenvalue weighted by atomic mass is 9.73. The van der Waals surface area contributed by atoms with Gasteiger partial charge in [0.05, 0.1) is 11.5 Å². The predicted octanol–water partition coefficient (Wildman–Crippen LogP) is 6.13. The van der Waals surface area contributed by atoms with E-state index in [4.69, 9.17) is 0 Å². The number of nitrogens with zero attached hydrogens (tertiary/aromatic N) is 2. The Kier molecular flexibility index (Phi) is 5.76. The summed E-state index contributed by atoms with van der Waals surface area (Å²) in [7, 11) is -9.24. The van der Waals surface area contributed by atoms with Crippen molar-refractivity contribution in [3.63, 3.8) is 0 Å². The molecule has 0 bridgehead atoms. The molecular weight excluding hydrogens is 536 g/mol. The van der Waals surface area contributed by atoms with E-state index < -0.39 is 73.3 Å². The number of nitrogens with one attached hydrogen (secondary N) is 1. The van der Waals surface area contributed by atoms with Gasteiger partial charge in [-0.2, -0.15) is 18.2 Å². The average Bonchev–Trinajstić information content (AvgIpc) is 2.71. The van der Waals surface area contributed by atoms with Crippen LogP contribution in [0.5, 0.6) is 0 Å². The van der Waals surface area contributed by atoms with Gasteiger partial charge in [0.25, 0.3) is 0 Å². The lowest BCUT2D eigenvalue weighted by Gasteiger charge is -2.46. The van der Waals surface area contributed by atoms with Crippen LogP contribution in [0, 0.1) is 11.6 Å². The Labute approximate surface area is 196 Å². The van der Waals surface area contributed by atoms with Crippen LogP contribution in [0.4, 0.5) is 41.4 Å². The number of halogens is 10. The second-order valence-electron chi connectivity index (χ2n) is 8.06. The number of aliphatic imine (C=N–C) groups is 1. The van der Waals surface area contributed by atoms with Crippen molar-refractivity contribution >= 4 is 28.0 Å². The molecular formula is C20H15F10N3O2S. The van der Waals surface area contributed by atoms with Gasteiger partial charge >= 0.3 is 22.3 Å². The summed E-state index contributed by atoms with van der Waals surface area (Å²) in [6, 6.07) is 2.85. The molecule has 0 radical (unpaired) electrons. The van der Waals surface area contributed by atoms with Crippen LogP contribution < -0.4 is 5.32 Å². The molecule has 3 rings (SSSR count). The Hall–Kier alpha value is -3.30. The normalized spacial score (nSPS) is 24.2. The van der Waals surface area contributed by atoms with E-state index in [0.717, 1.165) is 14.0 Å². The molecule has 1 aliphatic rings. The Balaban J connectivity index is 2.24. The molecule has 1 aliphatic heterocycles. The van der Waals surface area contributed by atoms with Gasteiger partial charge in [0.15, 0.2) is 0 Å². The minimum absolute atomic E-state index is 0.0106. The van der Waals surface area contributed by atoms with Crippen LogP contribution in [0.15, 0.2) is 52.4 Å². The number of amides is 2. The minimum atomic E-state index is -10.1. The number of likely N-dealkylation sites (N-methyl/N-ethyl adjacent to an activating group) is 1. The van der Waals surface area contributed by atoms with E-state index in [1.54, 1.807) is 0 Å². The van der Waals surface area contributed by atoms with Crippen LogP contribution in [0.1, 0.15) is 24.0 Å². The lowest BCUT2D eigenvalue weighted by Crippen LogP contribution is -2.63. The van der Waals surface area contributed by atoms with Crippen LogP contribution in [-0.2, 0) is 15.1 Å². The molecule has 1 heterocycles. The van der Waals surface area contributed by atoms with Crippen LogP contribution in [0.2, 0.25) is 0 Å². The predicted molar refractivity (Wildman–Crippen MR) is 109 cm³/mol. The summed E-state index contributed by atoms with van der Waals surface area (Å²) in [6.45, 7) is 0.992. The second kappa shape index (κ2) is 7.60. The van der Waals surface area contributed by atoms with Gasteiger partial charge in [-0.1, -0.05) is 31.6 Å². The third-order valence-corrected chi connectivity index (χ3v) is 6.60. The third kappa shape index (κ3) is 5.12. The molecule has 2 atom stereocenters. The number of alkyl halides is 3. The number of hydrogen-bond donors (Lipinski definition) is 1. The maximum atomic E-state index is 14.8. The van der Waals surface area contributed by atoms with Gasteiger partial charge < -0.3 is 5.32 Å². The Bertz CT molecular complexity index is 1280. The first kappa shape index (κ1) is 27.3. The standard InChI is InChI=1S/C20H15F10N3O2S/c1-19(13-9-11(21)5-8-14(13)22)15(10-3-6-12(7-4-10)36(26,27,28,29)30)16(34)33(2)18(32-19)31-17(35)20(23,24)25/h3-9,15H,1-2H3,(H,31,32,35)/t15-,19+/m0/s1. The fourth-order valence-electron chi connectivity index (χ4n) is 3.71. The van der Waals surface area contributed by atoms with Crippen molar-refractivity contribution in [3.05, 3.63) is 65.2 Å². The SMILES string of the molecule is CN1C(=O)[C@H](c2ccc(S(F)(F)(F)(F)F)cc2)[C@@](C)(c2cc(F)ccc2F)N/C1=N/C(=O)C(F)(F)F. The van der Waals surface area contributed by atoms with Gasteiger partial charge in [-0.3, -0.25) is 14.5 Å². The lowest BCUT2D eigenvalue weighted by molar-refractivity contribution is -0.169. The molecule has 1 saturated heterocycles. The number of rotatable bonds is 3. The second-order valence-corrected chi connectivity index (χ2v) is 10.5. The first-order chi connectivity index (χ1) is 16.0. The summed E-state index contributed by atoms with van der Waals surface area (Å²) in [5.74, 6) is -8.92. The monoisotopic (exact) mass is 551 g/mol. The maximum absolute atomic E-state index is 14.8. The summed E-state index contributed by atoms with van der Waals surface area (Å²) < 4.78 is 133. The van der Waals surface area contributed by atoms with Crippen molar-refractivity contribution in [2.24, 2.45) is 4.99 Å². The molecule has 1 fully saturated rings. The van der Waals surface area contributed by atoms with E-state index in [2.05, 4.69) is 10.3 Å². The van der Waals surface area contributed by atoms with Crippen LogP contribution in [-0.4, -0.2) is 35.9 Å². The molecule has 0 aliphatic carbocycles. The van der Waals surface area contributed by atoms with Crippen LogP contribution in [0.3, 0.4) is 0 Å². The Morgan fingerprint density at radius 2 is 1.58 bits per heavy atom. The van der Waals surface area contributed by atoms with E-state index in [-0.39, 0.29) is 12.1 Å². The summed E-state index contributed by atoms with van der Waals surface area (Å²) in [6.07, 6.45) is -5.46. The van der Waals surface area contributed by atoms with E-state index in [9.17, 15) is 51.0 Å². The quantitative estimate of drug-likeness (QED) is 0.468. The van der Waals surface area contributed by atoms with Gasteiger partial charge in [0, 0.05) is 12.6 Å². The van der Waals surface area contributed by atoms with Crippen molar-refractivity contribution in [2.75, 3.05) is 7.05 Å². The Morgan fingerprint density at radius 1 is 1.03 bits per heavy atom. The first-order valence-corrected chi connectivity index (χ1v) is 11.5. The van der Waals surface area contributed by atoms with E-state index in [0.29, 0.717) is 35.2 Å². The summed E-state index contributed by atoms with van der Waals surface area (Å²) >= 11 is 0. The number of guanidine groups is 1. The number of carbonyl (C=O) groups excluding carboxylic acids is 2. The summed E-state index contributed by atoms with van der Waals surface area (Å²) in [4.78, 5) is 25.5. The smallest absolute Gasteiger partial charge is 0.345 e.